The predicted octanol–water partition coefficient (Wildman–Crippen LogP) is 5.76. The number of ether oxygens (including phenoxy) is 6. The van der Waals surface area contributed by atoms with E-state index in [0.717, 1.165) is 89.9 Å². The van der Waals surface area contributed by atoms with E-state index >= 15 is 0 Å². The van der Waals surface area contributed by atoms with Crippen LogP contribution in [0.4, 0.5) is 0 Å². The van der Waals surface area contributed by atoms with Gasteiger partial charge in [0.15, 0.2) is 18.9 Å². The molecule has 3 rings (SSSR count). The van der Waals surface area contributed by atoms with Crippen molar-refractivity contribution in [2.24, 2.45) is 0 Å². The highest BCUT2D eigenvalue weighted by molar-refractivity contribution is 5.76. The lowest BCUT2D eigenvalue weighted by molar-refractivity contribution is -0.379. The molecule has 82 heavy (non-hydrogen) atoms. The van der Waals surface area contributed by atoms with Gasteiger partial charge in [0.05, 0.1) is 38.6 Å². The zero-order valence-corrected chi connectivity index (χ0v) is 48.9. The summed E-state index contributed by atoms with van der Waals surface area (Å²) in [7, 11) is 0. The largest absolute Gasteiger partial charge is 0.394 e. The van der Waals surface area contributed by atoms with Crippen LogP contribution in [0.3, 0.4) is 0 Å². The van der Waals surface area contributed by atoms with Gasteiger partial charge >= 0.3 is 0 Å². The minimum Gasteiger partial charge on any atom is -0.394 e. The van der Waals surface area contributed by atoms with Gasteiger partial charge in [-0.2, -0.15) is 0 Å². The molecule has 0 saturated carbocycles. The number of carbonyl (C=O) groups excluding carboxylic acids is 1. The topological polar surface area (TPSA) is 307 Å². The Kier molecular flexibility index (Phi) is 40.1. The number of nitrogens with one attached hydrogen (secondary N) is 1. The summed E-state index contributed by atoms with van der Waals surface area (Å²) in [6, 6.07) is -1.00. The van der Waals surface area contributed by atoms with Crippen LogP contribution in [-0.2, 0) is 33.2 Å². The van der Waals surface area contributed by atoms with Crippen LogP contribution in [-0.4, -0.2) is 193 Å². The van der Waals surface area contributed by atoms with E-state index in [1.807, 2.05) is 6.08 Å². The highest BCUT2D eigenvalue weighted by atomic mass is 16.8. The summed E-state index contributed by atoms with van der Waals surface area (Å²) in [5.74, 6) is -0.301. The molecule has 0 aromatic heterocycles. The van der Waals surface area contributed by atoms with Crippen LogP contribution in [0.5, 0.6) is 0 Å². The van der Waals surface area contributed by atoms with Crippen molar-refractivity contribution in [2.45, 2.75) is 266 Å². The Bertz CT molecular complexity index is 1870. The van der Waals surface area contributed by atoms with Gasteiger partial charge in [0.2, 0.25) is 5.91 Å². The highest BCUT2D eigenvalue weighted by Crippen LogP contribution is 2.33. The van der Waals surface area contributed by atoms with Gasteiger partial charge in [-0.25, -0.2) is 0 Å². The number of hydrogen-bond donors (Lipinski definition) is 12. The van der Waals surface area contributed by atoms with Crippen molar-refractivity contribution < 1.29 is 89.4 Å². The molecule has 19 heteroatoms. The van der Waals surface area contributed by atoms with Gasteiger partial charge in [0, 0.05) is 6.42 Å². The van der Waals surface area contributed by atoms with Gasteiger partial charge in [-0.1, -0.05) is 169 Å². The van der Waals surface area contributed by atoms with Crippen molar-refractivity contribution in [1.82, 2.24) is 5.32 Å². The average molecular weight is 1160 g/mol. The summed E-state index contributed by atoms with van der Waals surface area (Å²) in [6.45, 7) is 1.42. The smallest absolute Gasteiger partial charge is 0.220 e. The number of allylic oxidation sites excluding steroid dienone is 15. The van der Waals surface area contributed by atoms with E-state index < -0.39 is 124 Å². The zero-order chi connectivity index (χ0) is 59.7. The molecule has 0 spiro atoms. The number of aliphatic hydroxyl groups excluding tert-OH is 11. The molecule has 0 radical (unpaired) electrons. The molecule has 0 bridgehead atoms. The molecule has 3 saturated heterocycles. The van der Waals surface area contributed by atoms with Gasteiger partial charge < -0.3 is 89.9 Å². The normalized spacial score (nSPS) is 30.3. The Hall–Kier alpha value is -3.29. The quantitative estimate of drug-likeness (QED) is 0.0255. The molecule has 3 aliphatic rings. The van der Waals surface area contributed by atoms with Crippen LogP contribution in [0.2, 0.25) is 0 Å². The lowest BCUT2D eigenvalue weighted by atomic mass is 9.96. The molecule has 19 nitrogen and oxygen atoms in total. The SMILES string of the molecule is CC/C=C\C/C=C\C/C=C\C/C=C\C/C=C\CCCCCCCCCCCCCC(=O)NC(COC1OC(CO)C(OC2OC(CO)C(OC3OC(CO)C(O)C(O)C3O)C(O)C2O)C(O)C1O)C(O)/C=C/CC/C=C/CC/C=C/CC. The van der Waals surface area contributed by atoms with Gasteiger partial charge in [-0.05, 0) is 83.5 Å². The van der Waals surface area contributed by atoms with Crippen LogP contribution < -0.4 is 5.32 Å². The first-order valence-corrected chi connectivity index (χ1v) is 30.5. The van der Waals surface area contributed by atoms with Gasteiger partial charge in [-0.15, -0.1) is 0 Å². The van der Waals surface area contributed by atoms with Gasteiger partial charge in [-0.3, -0.25) is 4.79 Å². The molecule has 1 amide bonds. The molecular formula is C63H105NO18. The second-order valence-electron chi connectivity index (χ2n) is 21.4. The molecule has 12 N–H and O–H groups in total. The Morgan fingerprint density at radius 3 is 1.32 bits per heavy atom. The maximum Gasteiger partial charge on any atom is 0.220 e. The van der Waals surface area contributed by atoms with Crippen LogP contribution in [0, 0.1) is 0 Å². The summed E-state index contributed by atoms with van der Waals surface area (Å²) in [5.41, 5.74) is 0. The van der Waals surface area contributed by atoms with E-state index in [0.29, 0.717) is 12.8 Å². The van der Waals surface area contributed by atoms with Crippen LogP contribution >= 0.6 is 0 Å². The first-order valence-electron chi connectivity index (χ1n) is 30.5. The molecule has 0 aromatic rings. The summed E-state index contributed by atoms with van der Waals surface area (Å²) in [5, 5.41) is 120. The standard InChI is InChI=1S/C63H105NO18/c1-3-5-7-9-11-13-15-16-17-18-19-20-21-22-23-24-25-26-27-28-29-30-31-33-35-37-39-41-51(69)64-46(47(68)40-38-36-34-32-14-12-10-8-6-4-2)45-77-61-57(75)54(72)59(49(43-66)79-61)82-63-58(76)55(73)60(50(44-67)80-63)81-62-56(74)53(71)52(70)48(42-65)78-62/h5-8,11,13-14,16-17,19-20,22-23,32,38,40,46-50,52-63,65-68,70-76H,3-4,9-10,12,15,18,21,24-31,33-37,39,41-45H2,1-2H3,(H,64,69)/b7-5-,8-6+,13-11-,17-16-,20-19-,23-22-,32-14+,40-38+. The third kappa shape index (κ3) is 28.3. The van der Waals surface area contributed by atoms with Gasteiger partial charge in [0.25, 0.3) is 0 Å². The van der Waals surface area contributed by atoms with Crippen LogP contribution in [0.1, 0.15) is 162 Å². The van der Waals surface area contributed by atoms with Crippen molar-refractivity contribution in [1.29, 1.82) is 0 Å². The fourth-order valence-corrected chi connectivity index (χ4v) is 9.67. The fourth-order valence-electron chi connectivity index (χ4n) is 9.67. The third-order valence-corrected chi connectivity index (χ3v) is 14.6. The number of rotatable bonds is 43. The first kappa shape index (κ1) is 73.0. The number of carbonyl (C=O) groups is 1. The Morgan fingerprint density at radius 2 is 0.817 bits per heavy atom. The summed E-state index contributed by atoms with van der Waals surface area (Å²) in [4.78, 5) is 13.3. The molecule has 3 fully saturated rings. The molecule has 470 valence electrons. The van der Waals surface area contributed by atoms with Crippen LogP contribution in [0.15, 0.2) is 97.2 Å². The monoisotopic (exact) mass is 1160 g/mol. The second-order valence-corrected chi connectivity index (χ2v) is 21.4. The molecular weight excluding hydrogens is 1060 g/mol. The van der Waals surface area contributed by atoms with E-state index in [-0.39, 0.29) is 18.9 Å². The Labute approximate surface area is 488 Å². The first-order chi connectivity index (χ1) is 39.8. The van der Waals surface area contributed by atoms with Crippen molar-refractivity contribution >= 4 is 5.91 Å². The number of unbranched alkanes of at least 4 members (excludes halogenated alkanes) is 13. The van der Waals surface area contributed by atoms with Gasteiger partial charge in [0.1, 0.15) is 73.2 Å². The Morgan fingerprint density at radius 1 is 0.439 bits per heavy atom. The van der Waals surface area contributed by atoms with E-state index in [2.05, 4.69) is 104 Å². The molecule has 17 unspecified atom stereocenters. The molecule has 3 heterocycles. The maximum atomic E-state index is 13.3. The van der Waals surface area contributed by atoms with Crippen molar-refractivity contribution in [3.63, 3.8) is 0 Å². The lowest BCUT2D eigenvalue weighted by Crippen LogP contribution is -2.66. The third-order valence-electron chi connectivity index (χ3n) is 14.6. The Balaban J connectivity index is 1.42. The average Bonchev–Trinajstić information content (AvgIpc) is 3.64. The van der Waals surface area contributed by atoms with E-state index in [1.165, 1.54) is 38.5 Å². The van der Waals surface area contributed by atoms with E-state index in [1.54, 1.807) is 6.08 Å². The van der Waals surface area contributed by atoms with Crippen molar-refractivity contribution in [3.05, 3.63) is 97.2 Å². The number of aliphatic hydroxyl groups is 11. The van der Waals surface area contributed by atoms with Crippen LogP contribution in [0.25, 0.3) is 0 Å². The minimum atomic E-state index is -1.99. The zero-order valence-electron chi connectivity index (χ0n) is 48.9. The molecule has 3 aliphatic heterocycles. The molecule has 17 atom stereocenters. The van der Waals surface area contributed by atoms with Crippen molar-refractivity contribution in [2.75, 3.05) is 26.4 Å². The second kappa shape index (κ2) is 45.1. The highest BCUT2D eigenvalue weighted by Gasteiger charge is 2.53. The fraction of sp³-hybridized carbons (Fsp3) is 0.730. The minimum absolute atomic E-state index is 0.221. The lowest BCUT2D eigenvalue weighted by Gasteiger charge is -2.48. The van der Waals surface area contributed by atoms with E-state index in [4.69, 9.17) is 28.4 Å². The number of hydrogen-bond acceptors (Lipinski definition) is 18. The maximum absolute atomic E-state index is 13.3. The predicted molar refractivity (Wildman–Crippen MR) is 314 cm³/mol. The summed E-state index contributed by atoms with van der Waals surface area (Å²) < 4.78 is 34.2. The van der Waals surface area contributed by atoms with E-state index in [9.17, 15) is 61.0 Å². The summed E-state index contributed by atoms with van der Waals surface area (Å²) >= 11 is 0. The summed E-state index contributed by atoms with van der Waals surface area (Å²) in [6.07, 6.45) is 29.9. The molecule has 0 aromatic carbocycles. The number of amides is 1. The molecule has 0 aliphatic carbocycles. The van der Waals surface area contributed by atoms with Crippen molar-refractivity contribution in [3.8, 4) is 0 Å².